The first-order valence-electron chi connectivity index (χ1n) is 8.18. The van der Waals surface area contributed by atoms with Crippen LogP contribution in [0.25, 0.3) is 0 Å². The molecule has 0 bridgehead atoms. The third-order valence-electron chi connectivity index (χ3n) is 3.81. The molecule has 1 aromatic carbocycles. The maximum Gasteiger partial charge on any atom is 0.340 e. The monoisotopic (exact) mass is 391 g/mol. The summed E-state index contributed by atoms with van der Waals surface area (Å²) in [6, 6.07) is 2.06. The van der Waals surface area contributed by atoms with E-state index in [0.29, 0.717) is 19.6 Å². The van der Waals surface area contributed by atoms with Gasteiger partial charge in [0.05, 0.1) is 13.2 Å². The van der Waals surface area contributed by atoms with Gasteiger partial charge in [-0.25, -0.2) is 13.6 Å². The van der Waals surface area contributed by atoms with Gasteiger partial charge in [0.15, 0.2) is 0 Å². The molecule has 1 heterocycles. The Hall–Kier alpha value is -1.42. The normalized spacial score (nSPS) is 21.2. The Labute approximate surface area is 154 Å². The number of benzene rings is 1. The van der Waals surface area contributed by atoms with E-state index in [-0.39, 0.29) is 17.4 Å². The number of carboxylic acids is 1. The summed E-state index contributed by atoms with van der Waals surface area (Å²) in [4.78, 5) is 11.1. The fourth-order valence-corrected chi connectivity index (χ4v) is 3.18. The summed E-state index contributed by atoms with van der Waals surface area (Å²) in [6.07, 6.45) is -2.02. The minimum atomic E-state index is -2.49. The maximum atomic E-state index is 14.3. The highest BCUT2D eigenvalue weighted by molar-refractivity contribution is 7.90. The number of aliphatic carboxylic acids is 1. The van der Waals surface area contributed by atoms with Crippen LogP contribution in [-0.4, -0.2) is 45.9 Å². The molecule has 0 spiro atoms. The van der Waals surface area contributed by atoms with Gasteiger partial charge in [-0.05, 0) is 39.0 Å². The van der Waals surface area contributed by atoms with Gasteiger partial charge in [0.1, 0.15) is 28.5 Å². The summed E-state index contributed by atoms with van der Waals surface area (Å²) >= 11 is -1.80. The van der Waals surface area contributed by atoms with Crippen molar-refractivity contribution >= 4 is 17.3 Å². The highest BCUT2D eigenvalue weighted by Gasteiger charge is 2.38. The van der Waals surface area contributed by atoms with Crippen LogP contribution in [0.2, 0.25) is 0 Å². The lowest BCUT2D eigenvalue weighted by Gasteiger charge is -2.29. The van der Waals surface area contributed by atoms with Gasteiger partial charge in [-0.1, -0.05) is 0 Å². The number of alkyl halides is 1. The molecule has 9 heteroatoms. The second-order valence-electron chi connectivity index (χ2n) is 7.00. The Kier molecular flexibility index (Phi) is 6.84. The van der Waals surface area contributed by atoms with Crippen LogP contribution in [0.3, 0.4) is 0 Å². The molecular formula is C17H23F2NO5S. The highest BCUT2D eigenvalue weighted by atomic mass is 32.2. The van der Waals surface area contributed by atoms with Gasteiger partial charge in [0, 0.05) is 23.3 Å². The topological polar surface area (TPSA) is 90.9 Å². The zero-order valence-corrected chi connectivity index (χ0v) is 15.6. The first-order chi connectivity index (χ1) is 12.1. The molecule has 0 aliphatic carbocycles. The van der Waals surface area contributed by atoms with Crippen molar-refractivity contribution in [3.63, 3.8) is 0 Å². The lowest BCUT2D eigenvalue weighted by Crippen LogP contribution is -2.45. The summed E-state index contributed by atoms with van der Waals surface area (Å²) < 4.78 is 53.5. The summed E-state index contributed by atoms with van der Waals surface area (Å²) in [5, 5.41) is 9.04. The van der Waals surface area contributed by atoms with Crippen LogP contribution in [0.1, 0.15) is 38.8 Å². The van der Waals surface area contributed by atoms with Crippen LogP contribution in [0.15, 0.2) is 18.2 Å². The van der Waals surface area contributed by atoms with Crippen LogP contribution in [0, 0.1) is 5.82 Å². The van der Waals surface area contributed by atoms with E-state index in [1.807, 2.05) is 0 Å². The summed E-state index contributed by atoms with van der Waals surface area (Å²) in [6.45, 7) is 5.85. The van der Waals surface area contributed by atoms with Crippen LogP contribution < -0.4 is 9.46 Å². The molecule has 26 heavy (non-hydrogen) atoms. The van der Waals surface area contributed by atoms with E-state index in [1.165, 1.54) is 12.1 Å². The molecule has 1 aliphatic rings. The SMILES string of the molecule is CC(C)(C)[S+]([O-])N[C@@H](c1cc(O[C@@H]2CCOC2)ccc1F)[C@@H](F)C(=O)O. The lowest BCUT2D eigenvalue weighted by atomic mass is 10.0. The van der Waals surface area contributed by atoms with Crippen LogP contribution >= 0.6 is 0 Å². The Balaban J connectivity index is 2.31. The van der Waals surface area contributed by atoms with Crippen molar-refractivity contribution in [2.75, 3.05) is 13.2 Å². The number of hydrogen-bond donors (Lipinski definition) is 2. The van der Waals surface area contributed by atoms with Crippen LogP contribution in [0.4, 0.5) is 8.78 Å². The first-order valence-corrected chi connectivity index (χ1v) is 9.33. The van der Waals surface area contributed by atoms with Crippen molar-refractivity contribution in [3.8, 4) is 5.75 Å². The van der Waals surface area contributed by atoms with Gasteiger partial charge in [-0.3, -0.25) is 0 Å². The summed E-state index contributed by atoms with van der Waals surface area (Å²) in [5.41, 5.74) is -0.256. The molecule has 1 saturated heterocycles. The van der Waals surface area contributed by atoms with Gasteiger partial charge in [-0.15, -0.1) is 4.72 Å². The quantitative estimate of drug-likeness (QED) is 0.694. The van der Waals surface area contributed by atoms with E-state index >= 15 is 0 Å². The Morgan fingerprint density at radius 1 is 1.50 bits per heavy atom. The number of halogens is 2. The van der Waals surface area contributed by atoms with Crippen LogP contribution in [-0.2, 0) is 20.9 Å². The van der Waals surface area contributed by atoms with Crippen molar-refractivity contribution < 1.29 is 32.7 Å². The molecule has 2 rings (SSSR count). The number of carboxylic acid groups (broad SMARTS) is 1. The van der Waals surface area contributed by atoms with E-state index in [0.717, 1.165) is 6.07 Å². The molecule has 6 nitrogen and oxygen atoms in total. The largest absolute Gasteiger partial charge is 0.598 e. The van der Waals surface area contributed by atoms with Gasteiger partial charge in [-0.2, -0.15) is 0 Å². The lowest BCUT2D eigenvalue weighted by molar-refractivity contribution is -0.143. The molecule has 1 aromatic rings. The summed E-state index contributed by atoms with van der Waals surface area (Å²) in [5.74, 6) is -2.32. The fourth-order valence-electron chi connectivity index (χ4n) is 2.35. The minimum absolute atomic E-state index is 0.205. The van der Waals surface area contributed by atoms with Crippen molar-refractivity contribution in [2.24, 2.45) is 0 Å². The molecular weight excluding hydrogens is 368 g/mol. The van der Waals surface area contributed by atoms with Crippen molar-refractivity contribution in [3.05, 3.63) is 29.6 Å². The predicted octanol–water partition coefficient (Wildman–Crippen LogP) is 2.51. The highest BCUT2D eigenvalue weighted by Crippen LogP contribution is 2.30. The van der Waals surface area contributed by atoms with Gasteiger partial charge in [0.2, 0.25) is 6.17 Å². The molecule has 1 unspecified atom stereocenters. The second kappa shape index (κ2) is 8.51. The number of rotatable bonds is 7. The molecule has 146 valence electrons. The zero-order chi connectivity index (χ0) is 19.5. The van der Waals surface area contributed by atoms with Gasteiger partial charge >= 0.3 is 5.97 Å². The van der Waals surface area contributed by atoms with E-state index < -0.39 is 40.1 Å². The number of carbonyl (C=O) groups is 1. The Bertz CT molecular complexity index is 634. The average molecular weight is 391 g/mol. The number of ether oxygens (including phenoxy) is 2. The molecule has 4 atom stereocenters. The van der Waals surface area contributed by atoms with Crippen molar-refractivity contribution in [2.45, 2.75) is 50.3 Å². The zero-order valence-electron chi connectivity index (χ0n) is 14.8. The van der Waals surface area contributed by atoms with Gasteiger partial charge in [0.25, 0.3) is 0 Å². The van der Waals surface area contributed by atoms with E-state index in [4.69, 9.17) is 14.6 Å². The summed E-state index contributed by atoms with van der Waals surface area (Å²) in [7, 11) is 0. The molecule has 0 amide bonds. The average Bonchev–Trinajstić information content (AvgIpc) is 3.05. The Morgan fingerprint density at radius 3 is 2.73 bits per heavy atom. The molecule has 0 aromatic heterocycles. The molecule has 1 aliphatic heterocycles. The Morgan fingerprint density at radius 2 is 2.19 bits per heavy atom. The maximum absolute atomic E-state index is 14.3. The smallest absolute Gasteiger partial charge is 0.340 e. The molecule has 2 N–H and O–H groups in total. The predicted molar refractivity (Wildman–Crippen MR) is 92.6 cm³/mol. The third-order valence-corrected chi connectivity index (χ3v) is 5.39. The van der Waals surface area contributed by atoms with E-state index in [1.54, 1.807) is 20.8 Å². The standard InChI is InChI=1S/C17H23F2NO5S/c1-17(2,3)26(23)20-15(14(19)16(21)22)12-8-10(4-5-13(12)18)25-11-6-7-24-9-11/h4-5,8,11,14-15,20H,6-7,9H2,1-3H3,(H,21,22)/t11-,14-,15+,26?/m1/s1. The van der Waals surface area contributed by atoms with Crippen LogP contribution in [0.5, 0.6) is 5.75 Å². The minimum Gasteiger partial charge on any atom is -0.598 e. The fraction of sp³-hybridized carbons (Fsp3) is 0.588. The van der Waals surface area contributed by atoms with Crippen molar-refractivity contribution in [1.82, 2.24) is 4.72 Å². The van der Waals surface area contributed by atoms with Crippen molar-refractivity contribution in [1.29, 1.82) is 0 Å². The molecule has 0 saturated carbocycles. The molecule has 1 fully saturated rings. The molecule has 0 radical (unpaired) electrons. The van der Waals surface area contributed by atoms with E-state index in [2.05, 4.69) is 4.72 Å². The number of nitrogens with one attached hydrogen (secondary N) is 1. The second-order valence-corrected chi connectivity index (χ2v) is 9.00. The van der Waals surface area contributed by atoms with E-state index in [9.17, 15) is 18.1 Å². The first kappa shape index (κ1) is 20.9. The number of hydrogen-bond acceptors (Lipinski definition) is 5. The third kappa shape index (κ3) is 5.29. The van der Waals surface area contributed by atoms with Gasteiger partial charge < -0.3 is 19.1 Å².